The number of carbonyl (C=O) groups is 3. The number of nitrogen functional groups attached to an aromatic ring is 1. The summed E-state index contributed by atoms with van der Waals surface area (Å²) in [5.41, 5.74) is 1.80. The maximum absolute atomic E-state index is 14.7. The van der Waals surface area contributed by atoms with Crippen LogP contribution in [-0.2, 0) is 14.3 Å². The lowest BCUT2D eigenvalue weighted by Crippen LogP contribution is -2.24. The van der Waals surface area contributed by atoms with Crippen LogP contribution in [0.5, 0.6) is 17.2 Å². The number of esters is 2. The number of aromatic hydroxyl groups is 1. The summed E-state index contributed by atoms with van der Waals surface area (Å²) >= 11 is 0. The lowest BCUT2D eigenvalue weighted by molar-refractivity contribution is -0.138. The van der Waals surface area contributed by atoms with Gasteiger partial charge in [-0.15, -0.1) is 0 Å². The van der Waals surface area contributed by atoms with Crippen LogP contribution in [0.4, 0.5) is 40.8 Å². The number of benzene rings is 6. The third-order valence-electron chi connectivity index (χ3n) is 9.48. The molecule has 0 radical (unpaired) electrons. The van der Waals surface area contributed by atoms with Gasteiger partial charge in [-0.2, -0.15) is 4.39 Å². The molecule has 3 N–H and O–H groups in total. The van der Waals surface area contributed by atoms with E-state index < -0.39 is 97.5 Å². The van der Waals surface area contributed by atoms with Crippen LogP contribution in [0.3, 0.4) is 0 Å². The predicted molar refractivity (Wildman–Crippen MR) is 235 cm³/mol. The summed E-state index contributed by atoms with van der Waals surface area (Å²) in [7, 11) is 2.76. The first-order chi connectivity index (χ1) is 30.8. The van der Waals surface area contributed by atoms with E-state index in [0.29, 0.717) is 11.4 Å². The van der Waals surface area contributed by atoms with E-state index in [4.69, 9.17) is 15.2 Å². The third-order valence-corrected chi connectivity index (χ3v) is 9.48. The molecule has 352 valence electrons. The summed E-state index contributed by atoms with van der Waals surface area (Å²) in [5.74, 6) is -20.9. The van der Waals surface area contributed by atoms with Gasteiger partial charge in [-0.3, -0.25) is 9.59 Å². The van der Waals surface area contributed by atoms with Gasteiger partial charge in [0.1, 0.15) is 28.0 Å². The van der Waals surface area contributed by atoms with Crippen LogP contribution in [0, 0.1) is 46.5 Å². The van der Waals surface area contributed by atoms with Crippen LogP contribution in [-0.4, -0.2) is 59.6 Å². The largest absolute Gasteiger partial charge is 0.506 e. The van der Waals surface area contributed by atoms with Gasteiger partial charge in [-0.1, -0.05) is 63.4 Å². The number of nitrogens with zero attached hydrogens (tertiary/aromatic N) is 2. The van der Waals surface area contributed by atoms with Crippen molar-refractivity contribution in [1.82, 2.24) is 9.47 Å². The fraction of sp³-hybridized carbons (Fsp3) is 0.167. The zero-order valence-corrected chi connectivity index (χ0v) is 34.3. The third kappa shape index (κ3) is 9.85. The molecule has 0 atom stereocenters. The topological polar surface area (TPSA) is 150 Å². The highest BCUT2D eigenvalue weighted by atomic mass is 19.2. The van der Waals surface area contributed by atoms with E-state index in [-0.39, 0.29) is 45.1 Å². The van der Waals surface area contributed by atoms with Gasteiger partial charge in [0.15, 0.2) is 46.4 Å². The van der Waals surface area contributed by atoms with E-state index >= 15 is 0 Å². The minimum atomic E-state index is -2.40. The maximum Gasteiger partial charge on any atom is 0.343 e. The first kappa shape index (κ1) is 51.7. The van der Waals surface area contributed by atoms with Crippen molar-refractivity contribution in [3.63, 3.8) is 0 Å². The number of phenolic OH excluding ortho intramolecular Hbond substituents is 1. The van der Waals surface area contributed by atoms with Crippen LogP contribution in [0.1, 0.15) is 49.4 Å². The fourth-order valence-corrected chi connectivity index (χ4v) is 6.53. The van der Waals surface area contributed by atoms with Crippen molar-refractivity contribution in [3.8, 4) is 22.9 Å². The van der Waals surface area contributed by atoms with Crippen LogP contribution in [0.25, 0.3) is 38.1 Å². The van der Waals surface area contributed by atoms with Crippen molar-refractivity contribution in [3.05, 3.63) is 159 Å². The molecule has 0 bridgehead atoms. The van der Waals surface area contributed by atoms with Crippen molar-refractivity contribution < 1.29 is 68.8 Å². The van der Waals surface area contributed by atoms with Crippen LogP contribution in [0.2, 0.25) is 0 Å². The summed E-state index contributed by atoms with van der Waals surface area (Å²) in [6, 6.07) is 21.8. The summed E-state index contributed by atoms with van der Waals surface area (Å²) in [6.07, 6.45) is 2.00. The smallest absolute Gasteiger partial charge is 0.343 e. The monoisotopic (exact) mass is 939 g/mol. The highest BCUT2D eigenvalue weighted by molar-refractivity contribution is 6.24. The zero-order valence-electron chi connectivity index (χ0n) is 34.3. The van der Waals surface area contributed by atoms with Gasteiger partial charge in [0, 0.05) is 26.5 Å². The molecule has 0 saturated heterocycles. The average molecular weight is 940 g/mol. The van der Waals surface area contributed by atoms with E-state index in [1.165, 1.54) is 30.5 Å². The molecule has 1 aliphatic heterocycles. The number of ether oxygens (including phenoxy) is 3. The van der Waals surface area contributed by atoms with Crippen LogP contribution < -0.4 is 15.9 Å². The van der Waals surface area contributed by atoms with Crippen molar-refractivity contribution >= 4 is 55.9 Å². The Bertz CT molecular complexity index is 3120. The molecular weight excluding hydrogens is 899 g/mol. The van der Waals surface area contributed by atoms with E-state index in [2.05, 4.69) is 4.74 Å². The first-order valence-corrected chi connectivity index (χ1v) is 19.0. The van der Waals surface area contributed by atoms with Gasteiger partial charge >= 0.3 is 11.9 Å². The van der Waals surface area contributed by atoms with E-state index in [9.17, 15) is 59.4 Å². The predicted octanol–water partition coefficient (Wildman–Crippen LogP) is 10.8. The molecule has 0 saturated carbocycles. The minimum Gasteiger partial charge on any atom is -0.506 e. The van der Waals surface area contributed by atoms with Gasteiger partial charge in [-0.05, 0) is 59.7 Å². The standard InChI is InChI=1S/C22H12F3NO4.C14H12F5NO3.C10H9NO.2CH4/c1-2-29-22(28)12-9-26-13-7-10-5-3-4-6-11(10)8-14(13)30-21-18(25)17(24)16(23)15(19(21)26)20(12)27;1-4-23-14(22)6(5-20(2)3)13(21)7-8(15)10(17)12(19)11(18)9(7)16;11-9-5-7-3-1-2-4-8(7)6-10(9)12;;/h3-9H,2H2,1H3;5H,4H2,1-3H3;1-6,12H,11H2;2*1H4/b;6-5-;;;. The Kier molecular flexibility index (Phi) is 16.1. The fourth-order valence-electron chi connectivity index (χ4n) is 6.53. The number of nitrogens with two attached hydrogens (primary N) is 1. The lowest BCUT2D eigenvalue weighted by atomic mass is 10.0. The summed E-state index contributed by atoms with van der Waals surface area (Å²) in [4.78, 5) is 50.1. The first-order valence-electron chi connectivity index (χ1n) is 19.0. The molecule has 67 heavy (non-hydrogen) atoms. The van der Waals surface area contributed by atoms with Gasteiger partial charge in [-0.25, -0.2) is 40.3 Å². The number of aromatic nitrogens is 1. The number of halogens is 8. The number of anilines is 1. The SMILES string of the molecule is C.C.CCOC(=O)/C(=C\N(C)C)C(=O)c1c(F)c(F)c(F)c(F)c1F.CCOC(=O)c1cn2c3c(c(F)c(F)c(F)c3c1=O)Oc1cc3ccccc3cc1-2.Nc1cc2ccccc2cc1O. The van der Waals surface area contributed by atoms with Crippen molar-refractivity contribution in [2.24, 2.45) is 0 Å². The Morgan fingerprint density at radius 3 is 1.75 bits per heavy atom. The molecule has 0 fully saturated rings. The number of carbonyl (C=O) groups excluding carboxylic acids is 3. The summed E-state index contributed by atoms with van der Waals surface area (Å²) in [6.45, 7) is 2.78. The molecule has 7 aromatic rings. The molecule has 6 aromatic carbocycles. The highest BCUT2D eigenvalue weighted by Crippen LogP contribution is 2.44. The number of ketones is 1. The Hall–Kier alpha value is -7.96. The van der Waals surface area contributed by atoms with Crippen LogP contribution >= 0.6 is 0 Å². The Labute approximate surface area is 376 Å². The molecule has 0 amide bonds. The molecular formula is C48H41F8N3O8. The number of fused-ring (bicyclic) bond motifs is 4. The highest BCUT2D eigenvalue weighted by Gasteiger charge is 2.35. The minimum absolute atomic E-state index is 0. The molecule has 1 aliphatic rings. The Morgan fingerprint density at radius 2 is 1.21 bits per heavy atom. The molecule has 8 rings (SSSR count). The van der Waals surface area contributed by atoms with E-state index in [0.717, 1.165) is 33.9 Å². The number of hydrogen-bond acceptors (Lipinski definition) is 10. The number of hydrogen-bond donors (Lipinski definition) is 2. The molecule has 0 spiro atoms. The van der Waals surface area contributed by atoms with Gasteiger partial charge < -0.3 is 34.5 Å². The number of rotatable bonds is 7. The van der Waals surface area contributed by atoms with Crippen molar-refractivity contribution in [2.75, 3.05) is 33.0 Å². The van der Waals surface area contributed by atoms with E-state index in [1.54, 1.807) is 43.3 Å². The quantitative estimate of drug-likeness (QED) is 0.0151. The Balaban J connectivity index is 0.000000235. The van der Waals surface area contributed by atoms with Crippen molar-refractivity contribution in [2.45, 2.75) is 28.7 Å². The number of phenols is 1. The number of pyridine rings is 1. The maximum atomic E-state index is 14.7. The molecule has 0 aliphatic carbocycles. The average Bonchev–Trinajstić information content (AvgIpc) is 3.28. The lowest BCUT2D eigenvalue weighted by Gasteiger charge is -2.25. The normalized spacial score (nSPS) is 11.1. The molecule has 19 heteroatoms. The van der Waals surface area contributed by atoms with Gasteiger partial charge in [0.25, 0.3) is 0 Å². The molecule has 0 unspecified atom stereocenters. The zero-order chi connectivity index (χ0) is 47.6. The second-order valence-corrected chi connectivity index (χ2v) is 14.0. The molecule has 11 nitrogen and oxygen atoms in total. The van der Waals surface area contributed by atoms with Gasteiger partial charge in [0.05, 0.1) is 30.0 Å². The van der Waals surface area contributed by atoms with Crippen molar-refractivity contribution in [1.29, 1.82) is 0 Å². The molecule has 1 aromatic heterocycles. The molecule has 2 heterocycles. The van der Waals surface area contributed by atoms with Gasteiger partial charge in [0.2, 0.25) is 22.8 Å². The van der Waals surface area contributed by atoms with E-state index in [1.807, 2.05) is 36.4 Å². The summed E-state index contributed by atoms with van der Waals surface area (Å²) in [5, 5.41) is 12.1. The van der Waals surface area contributed by atoms with Crippen LogP contribution in [0.15, 0.2) is 95.6 Å². The Morgan fingerprint density at radius 1 is 0.716 bits per heavy atom. The second-order valence-electron chi connectivity index (χ2n) is 14.0. The number of Topliss-reactive ketones (excluding diaryl/α,β-unsaturated/α-hetero) is 1. The second kappa shape index (κ2) is 20.9. The summed E-state index contributed by atoms with van der Waals surface area (Å²) < 4.78 is 126.